The largest absolute Gasteiger partial charge is 0.379 e. The number of morpholine rings is 1. The van der Waals surface area contributed by atoms with Gasteiger partial charge in [0.05, 0.1) is 13.2 Å². The molecule has 2 aliphatic carbocycles. The number of primary amides is 1. The van der Waals surface area contributed by atoms with Crippen molar-refractivity contribution < 1.29 is 14.3 Å². The third-order valence-corrected chi connectivity index (χ3v) is 9.06. The zero-order valence-electron chi connectivity index (χ0n) is 21.4. The van der Waals surface area contributed by atoms with Crippen LogP contribution in [0.3, 0.4) is 0 Å². The number of aromatic nitrogens is 1. The maximum Gasteiger partial charge on any atom is 0.248 e. The zero-order chi connectivity index (χ0) is 25.2. The molecule has 2 aliphatic heterocycles. The minimum atomic E-state index is -0.448. The number of carbonyl (C=O) groups excluding carboxylic acids is 2. The predicted octanol–water partition coefficient (Wildman–Crippen LogP) is 3.36. The molecule has 0 saturated carbocycles. The Hall–Kier alpha value is -3.03. The monoisotopic (exact) mass is 486 g/mol. The van der Waals surface area contributed by atoms with Crippen LogP contribution in [0.1, 0.15) is 71.0 Å². The van der Waals surface area contributed by atoms with Gasteiger partial charge in [-0.05, 0) is 66.6 Å². The van der Waals surface area contributed by atoms with E-state index in [1.807, 2.05) is 12.1 Å². The Balaban J connectivity index is 1.28. The fraction of sp³-hybridized carbons (Fsp3) is 0.483. The van der Waals surface area contributed by atoms with Crippen LogP contribution in [0.5, 0.6) is 0 Å². The van der Waals surface area contributed by atoms with Crippen LogP contribution in [0.15, 0.2) is 36.0 Å². The second-order valence-corrected chi connectivity index (χ2v) is 11.4. The highest BCUT2D eigenvalue weighted by molar-refractivity contribution is 6.33. The lowest BCUT2D eigenvalue weighted by Crippen LogP contribution is -2.56. The molecule has 188 valence electrons. The lowest BCUT2D eigenvalue weighted by atomic mass is 9.69. The number of piperidine rings is 1. The van der Waals surface area contributed by atoms with E-state index < -0.39 is 5.91 Å². The van der Waals surface area contributed by atoms with E-state index in [1.54, 1.807) is 12.3 Å². The summed E-state index contributed by atoms with van der Waals surface area (Å²) in [6.45, 7) is 12.3. The molecule has 0 radical (unpaired) electrons. The van der Waals surface area contributed by atoms with Crippen LogP contribution in [0, 0.1) is 0 Å². The predicted molar refractivity (Wildman–Crippen MR) is 139 cm³/mol. The average molecular weight is 487 g/mol. The number of pyridine rings is 1. The molecule has 36 heavy (non-hydrogen) atoms. The number of ketones is 1. The number of nitrogens with zero attached hydrogens (tertiary/aromatic N) is 3. The van der Waals surface area contributed by atoms with E-state index in [2.05, 4.69) is 36.6 Å². The fourth-order valence-electron chi connectivity index (χ4n) is 6.62. The topological polar surface area (TPSA) is 88.8 Å². The van der Waals surface area contributed by atoms with Crippen LogP contribution in [0.25, 0.3) is 5.57 Å². The van der Waals surface area contributed by atoms with Crippen LogP contribution in [-0.2, 0) is 16.6 Å². The van der Waals surface area contributed by atoms with Crippen molar-refractivity contribution in [3.63, 3.8) is 0 Å². The van der Waals surface area contributed by atoms with Crippen molar-refractivity contribution in [2.75, 3.05) is 44.3 Å². The van der Waals surface area contributed by atoms with Crippen LogP contribution in [0.2, 0.25) is 0 Å². The molecule has 1 amide bonds. The molecule has 0 atom stereocenters. The molecular weight excluding hydrogens is 452 g/mol. The summed E-state index contributed by atoms with van der Waals surface area (Å²) >= 11 is 0. The van der Waals surface area contributed by atoms with Crippen molar-refractivity contribution in [1.82, 2.24) is 9.88 Å². The Morgan fingerprint density at radius 2 is 1.75 bits per heavy atom. The lowest BCUT2D eigenvalue weighted by Gasteiger charge is -2.48. The maximum absolute atomic E-state index is 13.7. The molecule has 4 aliphatic rings. The highest BCUT2D eigenvalue weighted by Gasteiger charge is 2.44. The molecule has 0 unspecified atom stereocenters. The van der Waals surface area contributed by atoms with E-state index in [9.17, 15) is 9.59 Å². The van der Waals surface area contributed by atoms with Gasteiger partial charge in [-0.15, -0.1) is 0 Å². The average Bonchev–Trinajstić information content (AvgIpc) is 3.28. The Morgan fingerprint density at radius 3 is 2.44 bits per heavy atom. The van der Waals surface area contributed by atoms with E-state index in [4.69, 9.17) is 15.5 Å². The van der Waals surface area contributed by atoms with Gasteiger partial charge in [-0.25, -0.2) is 4.98 Å². The van der Waals surface area contributed by atoms with E-state index in [1.165, 1.54) is 0 Å². The first-order chi connectivity index (χ1) is 17.2. The van der Waals surface area contributed by atoms with E-state index >= 15 is 0 Å². The molecule has 2 saturated heterocycles. The van der Waals surface area contributed by atoms with Gasteiger partial charge in [0.2, 0.25) is 5.91 Å². The van der Waals surface area contributed by atoms with Crippen LogP contribution < -0.4 is 10.6 Å². The first-order valence-corrected chi connectivity index (χ1v) is 13.0. The van der Waals surface area contributed by atoms with Crippen molar-refractivity contribution >= 4 is 23.1 Å². The van der Waals surface area contributed by atoms with Gasteiger partial charge in [-0.3, -0.25) is 14.5 Å². The van der Waals surface area contributed by atoms with Crippen LogP contribution >= 0.6 is 0 Å². The molecule has 3 heterocycles. The van der Waals surface area contributed by atoms with Crippen LogP contribution in [0.4, 0.5) is 5.82 Å². The van der Waals surface area contributed by atoms with Gasteiger partial charge in [-0.2, -0.15) is 0 Å². The standard InChI is InChI=1S/C29H34N4O3/c1-28(2)22-16-24(32-8-6-29(3,7-9-32)33-10-12-36-13-11-33)31-17-21(22)26(34)25-20-5-4-18(27(30)35)14-19(20)15-23(25)28/h4-5,14,16-17H,6-13,15H2,1-3H3,(H2,30,35). The number of benzene rings is 1. The van der Waals surface area contributed by atoms with Crippen molar-refractivity contribution in [1.29, 1.82) is 0 Å². The van der Waals surface area contributed by atoms with E-state index in [0.29, 0.717) is 17.5 Å². The summed E-state index contributed by atoms with van der Waals surface area (Å²) in [5.41, 5.74) is 11.4. The number of fused-ring (bicyclic) bond motifs is 3. The Bertz CT molecular complexity index is 1300. The zero-order valence-corrected chi connectivity index (χ0v) is 21.4. The van der Waals surface area contributed by atoms with E-state index in [0.717, 1.165) is 85.9 Å². The Labute approximate surface area is 212 Å². The normalized spacial score (nSPS) is 22.8. The van der Waals surface area contributed by atoms with Crippen LogP contribution in [-0.4, -0.2) is 66.5 Å². The van der Waals surface area contributed by atoms with Crippen molar-refractivity contribution in [2.24, 2.45) is 5.73 Å². The van der Waals surface area contributed by atoms with Gasteiger partial charge in [0, 0.05) is 60.0 Å². The molecule has 0 bridgehead atoms. The molecule has 7 heteroatoms. The highest BCUT2D eigenvalue weighted by atomic mass is 16.5. The summed E-state index contributed by atoms with van der Waals surface area (Å²) in [5, 5.41) is 0. The summed E-state index contributed by atoms with van der Waals surface area (Å²) in [4.78, 5) is 35.2. The number of hydrogen-bond acceptors (Lipinski definition) is 6. The fourth-order valence-corrected chi connectivity index (χ4v) is 6.62. The summed E-state index contributed by atoms with van der Waals surface area (Å²) in [6.07, 6.45) is 4.61. The molecule has 2 aromatic rings. The molecule has 1 aromatic carbocycles. The summed E-state index contributed by atoms with van der Waals surface area (Å²) in [7, 11) is 0. The molecule has 6 rings (SSSR count). The second kappa shape index (κ2) is 8.25. The third kappa shape index (κ3) is 3.51. The van der Waals surface area contributed by atoms with Gasteiger partial charge in [0.15, 0.2) is 5.78 Å². The first kappa shape index (κ1) is 23.4. The first-order valence-electron chi connectivity index (χ1n) is 13.0. The van der Waals surface area contributed by atoms with Gasteiger partial charge in [0.1, 0.15) is 5.82 Å². The number of hydrogen-bond donors (Lipinski definition) is 1. The third-order valence-electron chi connectivity index (χ3n) is 9.06. The van der Waals surface area contributed by atoms with Gasteiger partial charge >= 0.3 is 0 Å². The molecular formula is C29H34N4O3. The van der Waals surface area contributed by atoms with Crippen molar-refractivity contribution in [3.8, 4) is 0 Å². The number of allylic oxidation sites excluding steroid dienone is 2. The molecule has 7 nitrogen and oxygen atoms in total. The smallest absolute Gasteiger partial charge is 0.248 e. The molecule has 1 aromatic heterocycles. The second-order valence-electron chi connectivity index (χ2n) is 11.4. The highest BCUT2D eigenvalue weighted by Crippen LogP contribution is 2.50. The maximum atomic E-state index is 13.7. The number of Topliss-reactive ketones (excluding diaryl/α,β-unsaturated/α-hetero) is 1. The van der Waals surface area contributed by atoms with Gasteiger partial charge in [-0.1, -0.05) is 19.9 Å². The lowest BCUT2D eigenvalue weighted by molar-refractivity contribution is -0.0249. The number of ether oxygens (including phenoxy) is 1. The number of anilines is 1. The minimum Gasteiger partial charge on any atom is -0.379 e. The minimum absolute atomic E-state index is 0.0301. The molecule has 2 N–H and O–H groups in total. The number of rotatable bonds is 3. The summed E-state index contributed by atoms with van der Waals surface area (Å²) in [5.74, 6) is 0.536. The molecule has 0 spiro atoms. The quantitative estimate of drug-likeness (QED) is 0.716. The number of amides is 1. The summed E-state index contributed by atoms with van der Waals surface area (Å²) < 4.78 is 5.56. The SMILES string of the molecule is CC1(C)C2=C(C(=O)c3cnc(N4CCC(C)(N5CCOCC5)CC4)cc31)c1ccc(C(N)=O)cc1C2. The Kier molecular flexibility index (Phi) is 5.36. The summed E-state index contributed by atoms with van der Waals surface area (Å²) in [6, 6.07) is 7.58. The number of carbonyl (C=O) groups is 2. The van der Waals surface area contributed by atoms with Gasteiger partial charge in [0.25, 0.3) is 0 Å². The van der Waals surface area contributed by atoms with Gasteiger partial charge < -0.3 is 15.4 Å². The van der Waals surface area contributed by atoms with Crippen molar-refractivity contribution in [2.45, 2.75) is 51.0 Å². The molecule has 2 fully saturated rings. The van der Waals surface area contributed by atoms with Crippen molar-refractivity contribution in [3.05, 3.63) is 63.9 Å². The number of nitrogens with two attached hydrogens (primary N) is 1. The van der Waals surface area contributed by atoms with E-state index in [-0.39, 0.29) is 16.7 Å². The Morgan fingerprint density at radius 1 is 1.03 bits per heavy atom.